The van der Waals surface area contributed by atoms with Crippen LogP contribution in [0.15, 0.2) is 72.8 Å². The van der Waals surface area contributed by atoms with E-state index < -0.39 is 0 Å². The number of piperidine rings is 1. The molecule has 4 rings (SSSR count). The fourth-order valence-electron chi connectivity index (χ4n) is 3.96. The molecule has 0 saturated carbocycles. The molecule has 3 aromatic carbocycles. The summed E-state index contributed by atoms with van der Waals surface area (Å²) in [7, 11) is 0. The molecule has 7 heteroatoms. The molecule has 1 heterocycles. The second-order valence-electron chi connectivity index (χ2n) is 8.07. The molecule has 33 heavy (non-hydrogen) atoms. The van der Waals surface area contributed by atoms with Gasteiger partial charge in [-0.05, 0) is 66.9 Å². The average Bonchev–Trinajstić information content (AvgIpc) is 2.84. The molecular formula is C26H25ClFN3O2. The first-order valence-corrected chi connectivity index (χ1v) is 11.3. The summed E-state index contributed by atoms with van der Waals surface area (Å²) >= 11 is 5.89. The van der Waals surface area contributed by atoms with Crippen LogP contribution in [0.1, 0.15) is 39.1 Å². The summed E-state index contributed by atoms with van der Waals surface area (Å²) in [5, 5.41) is 6.61. The fourth-order valence-corrected chi connectivity index (χ4v) is 4.08. The van der Waals surface area contributed by atoms with Gasteiger partial charge in [0, 0.05) is 41.9 Å². The van der Waals surface area contributed by atoms with E-state index in [1.54, 1.807) is 36.4 Å². The maximum Gasteiger partial charge on any atom is 0.253 e. The number of rotatable bonds is 6. The Morgan fingerprint density at radius 1 is 0.909 bits per heavy atom. The molecule has 2 amide bonds. The molecule has 0 bridgehead atoms. The second kappa shape index (κ2) is 10.5. The van der Waals surface area contributed by atoms with Crippen LogP contribution in [0, 0.1) is 5.82 Å². The van der Waals surface area contributed by atoms with Gasteiger partial charge in [-0.25, -0.2) is 4.39 Å². The van der Waals surface area contributed by atoms with E-state index in [1.807, 2.05) is 24.3 Å². The zero-order valence-corrected chi connectivity index (χ0v) is 18.8. The van der Waals surface area contributed by atoms with Crippen LogP contribution in [0.3, 0.4) is 0 Å². The van der Waals surface area contributed by atoms with Crippen molar-refractivity contribution in [1.29, 1.82) is 0 Å². The highest BCUT2D eigenvalue weighted by Gasteiger charge is 2.24. The quantitative estimate of drug-likeness (QED) is 0.549. The maximum absolute atomic E-state index is 13.1. The van der Waals surface area contributed by atoms with E-state index in [9.17, 15) is 14.0 Å². The van der Waals surface area contributed by atoms with Gasteiger partial charge in [-0.1, -0.05) is 35.9 Å². The number of carbonyl (C=O) groups excluding carboxylic acids is 2. The van der Waals surface area contributed by atoms with Crippen LogP contribution in [-0.4, -0.2) is 30.9 Å². The zero-order chi connectivity index (χ0) is 23.2. The molecule has 2 N–H and O–H groups in total. The van der Waals surface area contributed by atoms with Crippen molar-refractivity contribution >= 4 is 29.1 Å². The second-order valence-corrected chi connectivity index (χ2v) is 8.50. The number of benzene rings is 3. The van der Waals surface area contributed by atoms with Crippen LogP contribution in [-0.2, 0) is 6.54 Å². The first-order chi connectivity index (χ1) is 16.0. The topological polar surface area (TPSA) is 61.4 Å². The summed E-state index contributed by atoms with van der Waals surface area (Å²) in [6.07, 6.45) is 1.57. The Morgan fingerprint density at radius 2 is 1.58 bits per heavy atom. The molecular weight excluding hydrogens is 441 g/mol. The number of amides is 2. The molecule has 0 aliphatic carbocycles. The number of para-hydroxylation sites is 1. The van der Waals surface area contributed by atoms with E-state index in [0.717, 1.165) is 37.2 Å². The lowest BCUT2D eigenvalue weighted by atomic mass is 10.0. The highest BCUT2D eigenvalue weighted by molar-refractivity contribution is 6.30. The highest BCUT2D eigenvalue weighted by atomic mass is 35.5. The van der Waals surface area contributed by atoms with Gasteiger partial charge in [0.15, 0.2) is 0 Å². The van der Waals surface area contributed by atoms with Crippen LogP contribution >= 0.6 is 11.6 Å². The number of nitrogens with zero attached hydrogens (tertiary/aromatic N) is 1. The van der Waals surface area contributed by atoms with E-state index in [2.05, 4.69) is 15.5 Å². The number of nitrogens with one attached hydrogen (secondary N) is 2. The number of hydrogen-bond donors (Lipinski definition) is 2. The summed E-state index contributed by atoms with van der Waals surface area (Å²) in [5.74, 6) is -0.582. The van der Waals surface area contributed by atoms with Crippen molar-refractivity contribution in [3.63, 3.8) is 0 Å². The first kappa shape index (κ1) is 22.8. The van der Waals surface area contributed by atoms with Gasteiger partial charge < -0.3 is 15.5 Å². The van der Waals surface area contributed by atoms with E-state index >= 15 is 0 Å². The third kappa shape index (κ3) is 5.90. The summed E-state index contributed by atoms with van der Waals surface area (Å²) in [6, 6.07) is 20.5. The van der Waals surface area contributed by atoms with Gasteiger partial charge in [0.25, 0.3) is 11.8 Å². The number of halogens is 2. The summed E-state index contributed by atoms with van der Waals surface area (Å²) in [4.78, 5) is 27.5. The van der Waals surface area contributed by atoms with Crippen molar-refractivity contribution in [2.75, 3.05) is 18.0 Å². The van der Waals surface area contributed by atoms with Crippen LogP contribution in [0.4, 0.5) is 10.1 Å². The van der Waals surface area contributed by atoms with Crippen LogP contribution < -0.4 is 15.5 Å². The molecule has 0 aromatic heterocycles. The molecule has 1 aliphatic rings. The number of carbonyl (C=O) groups is 2. The van der Waals surface area contributed by atoms with E-state index in [4.69, 9.17) is 11.6 Å². The third-order valence-corrected chi connectivity index (χ3v) is 6.04. The van der Waals surface area contributed by atoms with Gasteiger partial charge in [-0.15, -0.1) is 0 Å². The molecule has 5 nitrogen and oxygen atoms in total. The van der Waals surface area contributed by atoms with E-state index in [1.165, 1.54) is 12.1 Å². The van der Waals surface area contributed by atoms with Gasteiger partial charge >= 0.3 is 0 Å². The molecule has 0 radical (unpaired) electrons. The molecule has 0 atom stereocenters. The van der Waals surface area contributed by atoms with Crippen molar-refractivity contribution < 1.29 is 14.0 Å². The predicted molar refractivity (Wildman–Crippen MR) is 128 cm³/mol. The Bertz CT molecular complexity index is 1110. The number of anilines is 1. The molecule has 0 unspecified atom stereocenters. The zero-order valence-electron chi connectivity index (χ0n) is 18.1. The summed E-state index contributed by atoms with van der Waals surface area (Å²) in [5.41, 5.74) is 2.89. The minimum absolute atomic E-state index is 0.0730. The third-order valence-electron chi connectivity index (χ3n) is 5.79. The lowest BCUT2D eigenvalue weighted by Gasteiger charge is -2.35. The lowest BCUT2D eigenvalue weighted by molar-refractivity contribution is 0.0929. The summed E-state index contributed by atoms with van der Waals surface area (Å²) in [6.45, 7) is 1.79. The molecule has 0 spiro atoms. The van der Waals surface area contributed by atoms with Gasteiger partial charge in [0.1, 0.15) is 5.82 Å². The normalized spacial score (nSPS) is 14.1. The maximum atomic E-state index is 13.1. The SMILES string of the molecule is O=C(NC1CCN(c2ccccc2C(=O)NCc2ccc(F)cc2)CC1)c1ccc(Cl)cc1. The Hall–Kier alpha value is -3.38. The first-order valence-electron chi connectivity index (χ1n) is 10.9. The minimum Gasteiger partial charge on any atom is -0.371 e. The minimum atomic E-state index is -0.303. The number of hydrogen-bond acceptors (Lipinski definition) is 3. The largest absolute Gasteiger partial charge is 0.371 e. The highest BCUT2D eigenvalue weighted by Crippen LogP contribution is 2.25. The van der Waals surface area contributed by atoms with Crippen LogP contribution in [0.5, 0.6) is 0 Å². The van der Waals surface area contributed by atoms with Crippen molar-refractivity contribution in [1.82, 2.24) is 10.6 Å². The Kier molecular flexibility index (Phi) is 7.25. The van der Waals surface area contributed by atoms with Crippen LogP contribution in [0.25, 0.3) is 0 Å². The van der Waals surface area contributed by atoms with Crippen molar-refractivity contribution in [3.8, 4) is 0 Å². The van der Waals surface area contributed by atoms with Crippen molar-refractivity contribution in [2.24, 2.45) is 0 Å². The molecule has 1 saturated heterocycles. The van der Waals surface area contributed by atoms with Crippen LogP contribution in [0.2, 0.25) is 5.02 Å². The Labute approximate surface area is 197 Å². The van der Waals surface area contributed by atoms with Gasteiger partial charge in [0.2, 0.25) is 0 Å². The predicted octanol–water partition coefficient (Wildman–Crippen LogP) is 4.81. The van der Waals surface area contributed by atoms with E-state index in [0.29, 0.717) is 22.7 Å². The lowest BCUT2D eigenvalue weighted by Crippen LogP contribution is -2.45. The monoisotopic (exact) mass is 465 g/mol. The van der Waals surface area contributed by atoms with Crippen molar-refractivity contribution in [2.45, 2.75) is 25.4 Å². The molecule has 1 aliphatic heterocycles. The molecule has 1 fully saturated rings. The van der Waals surface area contributed by atoms with Gasteiger partial charge in [-0.2, -0.15) is 0 Å². The molecule has 170 valence electrons. The Morgan fingerprint density at radius 3 is 2.27 bits per heavy atom. The van der Waals surface area contributed by atoms with Crippen molar-refractivity contribution in [3.05, 3.63) is 100 Å². The Balaban J connectivity index is 1.34. The average molecular weight is 466 g/mol. The van der Waals surface area contributed by atoms with Gasteiger partial charge in [0.05, 0.1) is 5.56 Å². The summed E-state index contributed by atoms with van der Waals surface area (Å²) < 4.78 is 13.1. The fraction of sp³-hybridized carbons (Fsp3) is 0.231. The molecule has 3 aromatic rings. The smallest absolute Gasteiger partial charge is 0.253 e. The standard InChI is InChI=1S/C26H25ClFN3O2/c27-20-9-7-19(8-10-20)25(32)30-22-13-15-31(16-14-22)24-4-2-1-3-23(24)26(33)29-17-18-5-11-21(28)12-6-18/h1-12,22H,13-17H2,(H,29,33)(H,30,32). The van der Waals surface area contributed by atoms with Gasteiger partial charge in [-0.3, -0.25) is 9.59 Å². The van der Waals surface area contributed by atoms with E-state index in [-0.39, 0.29) is 23.7 Å².